The van der Waals surface area contributed by atoms with E-state index in [1.807, 2.05) is 18.2 Å². The zero-order chi connectivity index (χ0) is 15.7. The van der Waals surface area contributed by atoms with E-state index in [9.17, 15) is 13.2 Å². The fourth-order valence-corrected chi connectivity index (χ4v) is 2.33. The number of halogens is 4. The molecule has 0 aliphatic heterocycles. The monoisotopic (exact) mass is 322 g/mol. The lowest BCUT2D eigenvalue weighted by Gasteiger charge is -2.11. The third kappa shape index (κ3) is 2.99. The molecule has 3 aromatic rings. The summed E-state index contributed by atoms with van der Waals surface area (Å²) < 4.78 is 38.1. The third-order valence-corrected chi connectivity index (χ3v) is 3.44. The van der Waals surface area contributed by atoms with Gasteiger partial charge in [-0.15, -0.1) is 0 Å². The van der Waals surface area contributed by atoms with Crippen LogP contribution in [0.5, 0.6) is 0 Å². The lowest BCUT2D eigenvalue weighted by molar-refractivity contribution is -0.137. The number of para-hydroxylation sites is 1. The Bertz CT molecular complexity index is 831. The van der Waals surface area contributed by atoms with Crippen LogP contribution in [0.4, 0.5) is 24.7 Å². The van der Waals surface area contributed by atoms with Crippen LogP contribution in [0.15, 0.2) is 54.6 Å². The van der Waals surface area contributed by atoms with Gasteiger partial charge < -0.3 is 5.32 Å². The number of alkyl halides is 3. The molecule has 22 heavy (non-hydrogen) atoms. The second-order valence-electron chi connectivity index (χ2n) is 4.71. The van der Waals surface area contributed by atoms with Gasteiger partial charge in [0.15, 0.2) is 0 Å². The Labute approximate surface area is 129 Å². The largest absolute Gasteiger partial charge is 0.416 e. The van der Waals surface area contributed by atoms with E-state index in [1.54, 1.807) is 18.2 Å². The van der Waals surface area contributed by atoms with E-state index in [0.29, 0.717) is 22.0 Å². The second kappa shape index (κ2) is 5.50. The Morgan fingerprint density at radius 3 is 2.50 bits per heavy atom. The molecule has 1 heterocycles. The van der Waals surface area contributed by atoms with Crippen LogP contribution >= 0.6 is 11.6 Å². The molecule has 112 valence electrons. The number of hydrogen-bond acceptors (Lipinski definition) is 2. The summed E-state index contributed by atoms with van der Waals surface area (Å²) >= 11 is 6.08. The molecule has 0 atom stereocenters. The standard InChI is InChI=1S/C16H10ClF3N2/c17-13-6-1-3-10-7-8-14(22-15(10)13)21-12-5-2-4-11(9-12)16(18,19)20/h1-9H,(H,21,22). The predicted octanol–water partition coefficient (Wildman–Crippen LogP) is 5.65. The van der Waals surface area contributed by atoms with E-state index < -0.39 is 11.7 Å². The van der Waals surface area contributed by atoms with Crippen molar-refractivity contribution in [1.82, 2.24) is 4.98 Å². The molecule has 0 fully saturated rings. The molecule has 0 unspecified atom stereocenters. The zero-order valence-corrected chi connectivity index (χ0v) is 11.9. The summed E-state index contributed by atoms with van der Waals surface area (Å²) in [6.45, 7) is 0. The van der Waals surface area contributed by atoms with Gasteiger partial charge in [0.05, 0.1) is 16.1 Å². The van der Waals surface area contributed by atoms with E-state index in [4.69, 9.17) is 11.6 Å². The van der Waals surface area contributed by atoms with Gasteiger partial charge in [-0.2, -0.15) is 13.2 Å². The number of hydrogen-bond donors (Lipinski definition) is 1. The van der Waals surface area contributed by atoms with E-state index in [1.165, 1.54) is 6.07 Å². The highest BCUT2D eigenvalue weighted by molar-refractivity contribution is 6.35. The fraction of sp³-hybridized carbons (Fsp3) is 0.0625. The number of fused-ring (bicyclic) bond motifs is 1. The van der Waals surface area contributed by atoms with Gasteiger partial charge >= 0.3 is 6.18 Å². The molecule has 2 aromatic carbocycles. The minimum absolute atomic E-state index is 0.314. The third-order valence-electron chi connectivity index (χ3n) is 3.13. The molecule has 0 saturated carbocycles. The lowest BCUT2D eigenvalue weighted by Crippen LogP contribution is -2.05. The summed E-state index contributed by atoms with van der Waals surface area (Å²) in [5.41, 5.74) is 0.200. The molecule has 3 rings (SSSR count). The van der Waals surface area contributed by atoms with Crippen LogP contribution in [0.25, 0.3) is 10.9 Å². The van der Waals surface area contributed by atoms with Crippen LogP contribution in [-0.2, 0) is 6.18 Å². The number of anilines is 2. The number of benzene rings is 2. The molecule has 2 nitrogen and oxygen atoms in total. The fourth-order valence-electron chi connectivity index (χ4n) is 2.10. The predicted molar refractivity (Wildman–Crippen MR) is 81.5 cm³/mol. The zero-order valence-electron chi connectivity index (χ0n) is 11.2. The lowest BCUT2D eigenvalue weighted by atomic mass is 10.2. The van der Waals surface area contributed by atoms with Crippen LogP contribution in [0.1, 0.15) is 5.56 Å². The van der Waals surface area contributed by atoms with Crippen LogP contribution in [-0.4, -0.2) is 4.98 Å². The highest BCUT2D eigenvalue weighted by atomic mass is 35.5. The molecule has 1 aromatic heterocycles. The summed E-state index contributed by atoms with van der Waals surface area (Å²) in [6.07, 6.45) is -4.38. The maximum Gasteiger partial charge on any atom is 0.416 e. The van der Waals surface area contributed by atoms with E-state index >= 15 is 0 Å². The minimum atomic E-state index is -4.38. The van der Waals surface area contributed by atoms with Crippen LogP contribution in [0, 0.1) is 0 Å². The van der Waals surface area contributed by atoms with E-state index in [2.05, 4.69) is 10.3 Å². The van der Waals surface area contributed by atoms with Crippen molar-refractivity contribution in [2.24, 2.45) is 0 Å². The van der Waals surface area contributed by atoms with Crippen molar-refractivity contribution >= 4 is 34.0 Å². The topological polar surface area (TPSA) is 24.9 Å². The molecule has 0 aliphatic rings. The smallest absolute Gasteiger partial charge is 0.340 e. The van der Waals surface area contributed by atoms with Crippen molar-refractivity contribution in [3.63, 3.8) is 0 Å². The van der Waals surface area contributed by atoms with Gasteiger partial charge in [0.1, 0.15) is 5.82 Å². The maximum atomic E-state index is 12.7. The molecule has 0 saturated heterocycles. The number of nitrogens with zero attached hydrogens (tertiary/aromatic N) is 1. The first-order valence-electron chi connectivity index (χ1n) is 6.43. The van der Waals surface area contributed by atoms with Crippen LogP contribution in [0.3, 0.4) is 0 Å². The minimum Gasteiger partial charge on any atom is -0.340 e. The van der Waals surface area contributed by atoms with Crippen molar-refractivity contribution in [3.05, 3.63) is 65.2 Å². The molecule has 0 aliphatic carbocycles. The Hall–Kier alpha value is -2.27. The molecule has 0 bridgehead atoms. The van der Waals surface area contributed by atoms with E-state index in [-0.39, 0.29) is 0 Å². The average Bonchev–Trinajstić information content (AvgIpc) is 2.48. The number of aromatic nitrogens is 1. The number of pyridine rings is 1. The second-order valence-corrected chi connectivity index (χ2v) is 5.12. The Morgan fingerprint density at radius 1 is 0.955 bits per heavy atom. The maximum absolute atomic E-state index is 12.7. The van der Waals surface area contributed by atoms with E-state index in [0.717, 1.165) is 17.5 Å². The quantitative estimate of drug-likeness (QED) is 0.659. The van der Waals surface area contributed by atoms with Crippen LogP contribution in [0.2, 0.25) is 5.02 Å². The summed E-state index contributed by atoms with van der Waals surface area (Å²) in [5.74, 6) is 0.430. The Kier molecular flexibility index (Phi) is 3.66. The van der Waals surface area contributed by atoms with Crippen molar-refractivity contribution in [3.8, 4) is 0 Å². The molecule has 6 heteroatoms. The van der Waals surface area contributed by atoms with Crippen molar-refractivity contribution in [2.45, 2.75) is 6.18 Å². The number of rotatable bonds is 2. The SMILES string of the molecule is FC(F)(F)c1cccc(Nc2ccc3cccc(Cl)c3n2)c1. The van der Waals surface area contributed by atoms with Crippen molar-refractivity contribution in [1.29, 1.82) is 0 Å². The van der Waals surface area contributed by atoms with Gasteiger partial charge in [-0.3, -0.25) is 0 Å². The van der Waals surface area contributed by atoms with Gasteiger partial charge in [0, 0.05) is 11.1 Å². The highest BCUT2D eigenvalue weighted by Crippen LogP contribution is 2.31. The summed E-state index contributed by atoms with van der Waals surface area (Å²) in [5, 5.41) is 4.22. The van der Waals surface area contributed by atoms with Gasteiger partial charge in [-0.05, 0) is 36.4 Å². The highest BCUT2D eigenvalue weighted by Gasteiger charge is 2.30. The van der Waals surface area contributed by atoms with Crippen LogP contribution < -0.4 is 5.32 Å². The van der Waals surface area contributed by atoms with Gasteiger partial charge in [0.25, 0.3) is 0 Å². The molecular formula is C16H10ClF3N2. The molecular weight excluding hydrogens is 313 g/mol. The first kappa shape index (κ1) is 14.7. The van der Waals surface area contributed by atoms with Gasteiger partial charge in [-0.1, -0.05) is 29.8 Å². The Morgan fingerprint density at radius 2 is 1.73 bits per heavy atom. The summed E-state index contributed by atoms with van der Waals surface area (Å²) in [7, 11) is 0. The molecule has 0 radical (unpaired) electrons. The first-order valence-corrected chi connectivity index (χ1v) is 6.81. The van der Waals surface area contributed by atoms with Gasteiger partial charge in [-0.25, -0.2) is 4.98 Å². The summed E-state index contributed by atoms with van der Waals surface area (Å²) in [4.78, 5) is 4.34. The molecule has 1 N–H and O–H groups in total. The van der Waals surface area contributed by atoms with Crippen molar-refractivity contribution in [2.75, 3.05) is 5.32 Å². The van der Waals surface area contributed by atoms with Crippen molar-refractivity contribution < 1.29 is 13.2 Å². The first-order chi connectivity index (χ1) is 10.4. The summed E-state index contributed by atoms with van der Waals surface area (Å²) in [6, 6.07) is 13.9. The number of nitrogens with one attached hydrogen (secondary N) is 1. The average molecular weight is 323 g/mol. The molecule has 0 amide bonds. The molecule has 0 spiro atoms. The van der Waals surface area contributed by atoms with Gasteiger partial charge in [0.2, 0.25) is 0 Å². The Balaban J connectivity index is 1.95. The normalized spacial score (nSPS) is 11.6.